The molecule has 0 spiro atoms. The standard InChI is InChI=1S/C34H34BrIN4O9/c1-5-46-32(42)22-9-7-20(8-10-22)17-49-31-24(35)13-21(14-25(31)36)16-37-40-28(41)18-48-26-12-11-23(15-27(26)45-4)30-29(33(43)47-6-2)19(3)38-34(44)39-30/h7-16,30H,5-6,17-18H2,1-4H3,(H,40,41)(H2,38,39,44)/b37-16+/t30-/m0/s1. The number of nitrogens with zero attached hydrogens (tertiary/aromatic N) is 1. The molecule has 13 nitrogen and oxygen atoms in total. The van der Waals surface area contributed by atoms with E-state index in [0.29, 0.717) is 39.2 Å². The van der Waals surface area contributed by atoms with E-state index in [-0.39, 0.29) is 42.9 Å². The van der Waals surface area contributed by atoms with E-state index in [1.54, 1.807) is 57.2 Å². The van der Waals surface area contributed by atoms with Gasteiger partial charge in [0.1, 0.15) is 12.4 Å². The first-order valence-electron chi connectivity index (χ1n) is 15.0. The van der Waals surface area contributed by atoms with Crippen LogP contribution in [0.4, 0.5) is 4.79 Å². The van der Waals surface area contributed by atoms with Crippen LogP contribution in [0.2, 0.25) is 0 Å². The summed E-state index contributed by atoms with van der Waals surface area (Å²) < 4.78 is 28.8. The number of rotatable bonds is 14. The van der Waals surface area contributed by atoms with E-state index in [9.17, 15) is 19.2 Å². The van der Waals surface area contributed by atoms with Crippen LogP contribution in [0.1, 0.15) is 53.9 Å². The van der Waals surface area contributed by atoms with Gasteiger partial charge in [0.15, 0.2) is 18.1 Å². The van der Waals surface area contributed by atoms with Gasteiger partial charge in [-0.3, -0.25) is 4.79 Å². The second-order valence-corrected chi connectivity index (χ2v) is 12.3. The molecule has 0 aliphatic carbocycles. The van der Waals surface area contributed by atoms with Crippen LogP contribution in [0.25, 0.3) is 0 Å². The lowest BCUT2D eigenvalue weighted by molar-refractivity contribution is -0.139. The third-order valence-corrected chi connectivity index (χ3v) is 8.31. The normalized spacial score (nSPS) is 14.1. The summed E-state index contributed by atoms with van der Waals surface area (Å²) in [5.41, 5.74) is 5.69. The Morgan fingerprint density at radius 2 is 1.69 bits per heavy atom. The lowest BCUT2D eigenvalue weighted by Gasteiger charge is -2.28. The fourth-order valence-electron chi connectivity index (χ4n) is 4.66. The number of hydrazone groups is 1. The predicted molar refractivity (Wildman–Crippen MR) is 192 cm³/mol. The van der Waals surface area contributed by atoms with Crippen LogP contribution in [0.5, 0.6) is 17.2 Å². The number of carbonyl (C=O) groups excluding carboxylic acids is 4. The summed E-state index contributed by atoms with van der Waals surface area (Å²) in [5.74, 6) is -0.248. The van der Waals surface area contributed by atoms with E-state index in [4.69, 9.17) is 23.7 Å². The van der Waals surface area contributed by atoms with Crippen molar-refractivity contribution in [3.8, 4) is 17.2 Å². The fraction of sp³-hybridized carbons (Fsp3) is 0.265. The number of benzene rings is 3. The van der Waals surface area contributed by atoms with Gasteiger partial charge in [-0.1, -0.05) is 18.2 Å². The summed E-state index contributed by atoms with van der Waals surface area (Å²) in [5, 5.41) is 9.36. The van der Waals surface area contributed by atoms with Crippen molar-refractivity contribution < 1.29 is 42.9 Å². The molecule has 3 amide bonds. The van der Waals surface area contributed by atoms with Gasteiger partial charge in [0.2, 0.25) is 0 Å². The Bertz CT molecular complexity index is 1760. The molecule has 1 heterocycles. The molecule has 0 bridgehead atoms. The highest BCUT2D eigenvalue weighted by Crippen LogP contribution is 2.35. The molecular formula is C34H34BrIN4O9. The van der Waals surface area contributed by atoms with E-state index < -0.39 is 23.9 Å². The van der Waals surface area contributed by atoms with Crippen LogP contribution < -0.4 is 30.3 Å². The summed E-state index contributed by atoms with van der Waals surface area (Å²) in [4.78, 5) is 49.2. The second kappa shape index (κ2) is 17.7. The molecule has 15 heteroatoms. The molecule has 3 aromatic carbocycles. The first-order chi connectivity index (χ1) is 23.5. The Morgan fingerprint density at radius 3 is 2.37 bits per heavy atom. The lowest BCUT2D eigenvalue weighted by Crippen LogP contribution is -2.45. The van der Waals surface area contributed by atoms with Crippen molar-refractivity contribution in [3.63, 3.8) is 0 Å². The molecule has 4 rings (SSSR count). The predicted octanol–water partition coefficient (Wildman–Crippen LogP) is 5.54. The topological polar surface area (TPSA) is 163 Å². The van der Waals surface area contributed by atoms with Gasteiger partial charge in [-0.05, 0) is 112 Å². The molecule has 0 saturated carbocycles. The van der Waals surface area contributed by atoms with Gasteiger partial charge in [-0.15, -0.1) is 0 Å². The van der Waals surface area contributed by atoms with Gasteiger partial charge in [0.05, 0.1) is 51.8 Å². The van der Waals surface area contributed by atoms with Crippen molar-refractivity contribution in [1.29, 1.82) is 0 Å². The summed E-state index contributed by atoms with van der Waals surface area (Å²) >= 11 is 5.69. The van der Waals surface area contributed by atoms with Gasteiger partial charge < -0.3 is 34.3 Å². The van der Waals surface area contributed by atoms with Crippen LogP contribution in [-0.4, -0.2) is 57.0 Å². The summed E-state index contributed by atoms with van der Waals surface area (Å²) in [6, 6.07) is 14.3. The zero-order chi connectivity index (χ0) is 35.5. The minimum absolute atomic E-state index is 0.176. The van der Waals surface area contributed by atoms with Gasteiger partial charge >= 0.3 is 18.0 Å². The number of hydrogen-bond donors (Lipinski definition) is 3. The summed E-state index contributed by atoms with van der Waals surface area (Å²) in [6.45, 7) is 5.49. The molecule has 0 radical (unpaired) electrons. The molecule has 258 valence electrons. The number of ether oxygens (including phenoxy) is 5. The van der Waals surface area contributed by atoms with E-state index in [1.165, 1.54) is 13.3 Å². The minimum atomic E-state index is -0.784. The average molecular weight is 849 g/mol. The van der Waals surface area contributed by atoms with Crippen LogP contribution >= 0.6 is 38.5 Å². The monoisotopic (exact) mass is 848 g/mol. The Balaban J connectivity index is 1.33. The van der Waals surface area contributed by atoms with Crippen LogP contribution in [0.15, 0.2) is 75.4 Å². The van der Waals surface area contributed by atoms with Crippen LogP contribution in [0.3, 0.4) is 0 Å². The molecule has 49 heavy (non-hydrogen) atoms. The average Bonchev–Trinajstić information content (AvgIpc) is 3.07. The number of methoxy groups -OCH3 is 1. The highest BCUT2D eigenvalue weighted by atomic mass is 127. The zero-order valence-electron chi connectivity index (χ0n) is 27.1. The Morgan fingerprint density at radius 1 is 0.980 bits per heavy atom. The summed E-state index contributed by atoms with van der Waals surface area (Å²) in [6.07, 6.45) is 1.49. The number of urea groups is 1. The first-order valence-corrected chi connectivity index (χ1v) is 16.9. The van der Waals surface area contributed by atoms with Gasteiger partial charge in [-0.2, -0.15) is 5.10 Å². The molecule has 1 aliphatic rings. The minimum Gasteiger partial charge on any atom is -0.493 e. The maximum absolute atomic E-state index is 12.6. The first kappa shape index (κ1) is 37.2. The van der Waals surface area contributed by atoms with Gasteiger partial charge in [-0.25, -0.2) is 19.8 Å². The maximum atomic E-state index is 12.6. The van der Waals surface area contributed by atoms with E-state index >= 15 is 0 Å². The number of esters is 2. The van der Waals surface area contributed by atoms with Crippen molar-refractivity contribution in [3.05, 3.63) is 96.2 Å². The molecule has 0 unspecified atom stereocenters. The zero-order valence-corrected chi connectivity index (χ0v) is 30.8. The van der Waals surface area contributed by atoms with Gasteiger partial charge in [0.25, 0.3) is 5.91 Å². The van der Waals surface area contributed by atoms with Crippen molar-refractivity contribution in [1.82, 2.24) is 16.1 Å². The Kier molecular flexibility index (Phi) is 13.4. The smallest absolute Gasteiger partial charge is 0.338 e. The maximum Gasteiger partial charge on any atom is 0.338 e. The molecule has 0 aromatic heterocycles. The van der Waals surface area contributed by atoms with Crippen molar-refractivity contribution in [2.24, 2.45) is 5.10 Å². The quantitative estimate of drug-likeness (QED) is 0.0819. The molecule has 3 aromatic rings. The molecule has 0 saturated heterocycles. The van der Waals surface area contributed by atoms with E-state index in [1.807, 2.05) is 18.2 Å². The number of carbonyl (C=O) groups is 4. The van der Waals surface area contributed by atoms with Gasteiger partial charge in [0, 0.05) is 5.70 Å². The number of hydrogen-bond acceptors (Lipinski definition) is 10. The molecular weight excluding hydrogens is 815 g/mol. The lowest BCUT2D eigenvalue weighted by atomic mass is 9.95. The van der Waals surface area contributed by atoms with Crippen molar-refractivity contribution in [2.45, 2.75) is 33.4 Å². The van der Waals surface area contributed by atoms with Crippen LogP contribution in [-0.2, 0) is 25.7 Å². The Labute approximate surface area is 305 Å². The van der Waals surface area contributed by atoms with Crippen LogP contribution in [0, 0.1) is 3.57 Å². The van der Waals surface area contributed by atoms with E-state index in [2.05, 4.69) is 59.7 Å². The molecule has 3 N–H and O–H groups in total. The third kappa shape index (κ3) is 9.95. The number of halogens is 2. The molecule has 0 fully saturated rings. The van der Waals surface area contributed by atoms with Crippen molar-refractivity contribution >= 4 is 68.6 Å². The van der Waals surface area contributed by atoms with Crippen molar-refractivity contribution in [2.75, 3.05) is 26.9 Å². The molecule has 1 aliphatic heterocycles. The highest BCUT2D eigenvalue weighted by Gasteiger charge is 2.32. The SMILES string of the molecule is CCOC(=O)C1=C(C)NC(=O)N[C@H]1c1ccc(OCC(=O)N/N=C/c2cc(Br)c(OCc3ccc(C(=O)OCC)cc3)c(I)c2)c(OC)c1. The largest absolute Gasteiger partial charge is 0.493 e. The highest BCUT2D eigenvalue weighted by molar-refractivity contribution is 14.1. The summed E-state index contributed by atoms with van der Waals surface area (Å²) in [7, 11) is 1.44. The molecule has 1 atom stereocenters. The second-order valence-electron chi connectivity index (χ2n) is 10.3. The number of allylic oxidation sites excluding steroid dienone is 1. The van der Waals surface area contributed by atoms with E-state index in [0.717, 1.165) is 9.13 Å². The third-order valence-electron chi connectivity index (χ3n) is 6.92. The number of amides is 3. The number of nitrogens with one attached hydrogen (secondary N) is 3. The Hall–Kier alpha value is -4.64. The fourth-order valence-corrected chi connectivity index (χ4v) is 6.43.